The first kappa shape index (κ1) is 17.9. The van der Waals surface area contributed by atoms with Crippen LogP contribution in [0.1, 0.15) is 51.6 Å². The fourth-order valence-corrected chi connectivity index (χ4v) is 2.98. The molecule has 0 saturated carbocycles. The number of hydrogen-bond donors (Lipinski definition) is 1. The Balaban J connectivity index is 2.36. The monoisotopic (exact) mass is 309 g/mol. The molecule has 1 atom stereocenters. The zero-order valence-electron chi connectivity index (χ0n) is 13.4. The number of benzene rings is 1. The number of amides is 1. The van der Waals surface area contributed by atoms with Gasteiger partial charge in [-0.3, -0.25) is 4.79 Å². The fraction of sp³-hybridized carbons (Fsp3) is 0.588. The van der Waals surface area contributed by atoms with Gasteiger partial charge in [0.25, 0.3) is 0 Å². The van der Waals surface area contributed by atoms with E-state index in [1.165, 1.54) is 12.8 Å². The molecule has 0 bridgehead atoms. The molecule has 0 fully saturated rings. The number of hydrogen-bond acceptors (Lipinski definition) is 3. The summed E-state index contributed by atoms with van der Waals surface area (Å²) in [6.07, 6.45) is 3.03. The Labute approximate surface area is 132 Å². The third-order valence-corrected chi connectivity index (χ3v) is 4.23. The first-order valence-electron chi connectivity index (χ1n) is 7.77. The molecule has 0 radical (unpaired) electrons. The Morgan fingerprint density at radius 2 is 2.14 bits per heavy atom. The van der Waals surface area contributed by atoms with Crippen LogP contribution in [0.5, 0.6) is 5.75 Å². The van der Waals surface area contributed by atoms with Crippen molar-refractivity contribution < 1.29 is 9.53 Å². The summed E-state index contributed by atoms with van der Waals surface area (Å²) in [5.41, 5.74) is 1.08. The van der Waals surface area contributed by atoms with Crippen molar-refractivity contribution in [2.45, 2.75) is 46.1 Å². The topological polar surface area (TPSA) is 38.3 Å². The highest BCUT2D eigenvalue weighted by Crippen LogP contribution is 2.19. The summed E-state index contributed by atoms with van der Waals surface area (Å²) in [4.78, 5) is 11.9. The lowest BCUT2D eigenvalue weighted by Crippen LogP contribution is -2.26. The minimum absolute atomic E-state index is 0.0125. The molecule has 1 rings (SSSR count). The SMILES string of the molecule is CCCCSCCC(=O)NC(C)c1cccc(OCC)c1. The average Bonchev–Trinajstić information content (AvgIpc) is 2.47. The molecule has 4 heteroatoms. The maximum absolute atomic E-state index is 11.9. The lowest BCUT2D eigenvalue weighted by atomic mass is 10.1. The van der Waals surface area contributed by atoms with Crippen LogP contribution in [-0.2, 0) is 4.79 Å². The van der Waals surface area contributed by atoms with Crippen LogP contribution in [0.25, 0.3) is 0 Å². The number of rotatable bonds is 10. The van der Waals surface area contributed by atoms with Gasteiger partial charge in [0.1, 0.15) is 5.75 Å². The molecule has 0 heterocycles. The molecule has 0 aliphatic rings. The van der Waals surface area contributed by atoms with Crippen molar-refractivity contribution >= 4 is 17.7 Å². The van der Waals surface area contributed by atoms with E-state index in [1.54, 1.807) is 0 Å². The Morgan fingerprint density at radius 1 is 1.33 bits per heavy atom. The molecule has 0 spiro atoms. The maximum atomic E-state index is 11.9. The van der Waals surface area contributed by atoms with Crippen molar-refractivity contribution in [3.8, 4) is 5.75 Å². The third-order valence-electron chi connectivity index (χ3n) is 3.16. The maximum Gasteiger partial charge on any atom is 0.221 e. The van der Waals surface area contributed by atoms with Crippen molar-refractivity contribution in [2.75, 3.05) is 18.1 Å². The number of carbonyl (C=O) groups is 1. The summed E-state index contributed by atoms with van der Waals surface area (Å²) in [5.74, 6) is 3.02. The number of unbranched alkanes of at least 4 members (excludes halogenated alkanes) is 1. The van der Waals surface area contributed by atoms with Gasteiger partial charge < -0.3 is 10.1 Å². The van der Waals surface area contributed by atoms with E-state index >= 15 is 0 Å². The molecule has 1 unspecified atom stereocenters. The van der Waals surface area contributed by atoms with E-state index in [1.807, 2.05) is 49.9 Å². The van der Waals surface area contributed by atoms with Gasteiger partial charge in [-0.15, -0.1) is 0 Å². The highest BCUT2D eigenvalue weighted by molar-refractivity contribution is 7.99. The molecule has 118 valence electrons. The van der Waals surface area contributed by atoms with E-state index in [9.17, 15) is 4.79 Å². The molecule has 0 saturated heterocycles. The predicted octanol–water partition coefficient (Wildman–Crippen LogP) is 4.19. The quantitative estimate of drug-likeness (QED) is 0.659. The van der Waals surface area contributed by atoms with Crippen LogP contribution in [0.15, 0.2) is 24.3 Å². The second kappa shape index (κ2) is 10.6. The van der Waals surface area contributed by atoms with Crippen LogP contribution < -0.4 is 10.1 Å². The van der Waals surface area contributed by atoms with Gasteiger partial charge in [0.2, 0.25) is 5.91 Å². The van der Waals surface area contributed by atoms with Gasteiger partial charge in [0, 0.05) is 12.2 Å². The largest absolute Gasteiger partial charge is 0.494 e. The number of carbonyl (C=O) groups excluding carboxylic acids is 1. The van der Waals surface area contributed by atoms with Gasteiger partial charge in [-0.1, -0.05) is 25.5 Å². The minimum Gasteiger partial charge on any atom is -0.494 e. The van der Waals surface area contributed by atoms with Gasteiger partial charge >= 0.3 is 0 Å². The summed E-state index contributed by atoms with van der Waals surface area (Å²) < 4.78 is 5.49. The zero-order chi connectivity index (χ0) is 15.5. The van der Waals surface area contributed by atoms with Crippen LogP contribution in [0, 0.1) is 0 Å². The highest BCUT2D eigenvalue weighted by Gasteiger charge is 2.10. The van der Waals surface area contributed by atoms with Crippen molar-refractivity contribution in [1.82, 2.24) is 5.32 Å². The molecule has 1 amide bonds. The minimum atomic E-state index is 0.0125. The average molecular weight is 309 g/mol. The third kappa shape index (κ3) is 7.42. The molecule has 3 nitrogen and oxygen atoms in total. The van der Waals surface area contributed by atoms with Crippen LogP contribution in [0.2, 0.25) is 0 Å². The highest BCUT2D eigenvalue weighted by atomic mass is 32.2. The molecule has 1 N–H and O–H groups in total. The van der Waals surface area contributed by atoms with Gasteiger partial charge in [-0.05, 0) is 43.7 Å². The lowest BCUT2D eigenvalue weighted by Gasteiger charge is -2.15. The summed E-state index contributed by atoms with van der Waals surface area (Å²) >= 11 is 1.86. The number of thioether (sulfide) groups is 1. The lowest BCUT2D eigenvalue weighted by molar-refractivity contribution is -0.121. The molecule has 1 aromatic rings. The first-order chi connectivity index (χ1) is 10.2. The number of nitrogens with one attached hydrogen (secondary N) is 1. The summed E-state index contributed by atoms with van der Waals surface area (Å²) in [5, 5.41) is 3.05. The molecular weight excluding hydrogens is 282 g/mol. The van der Waals surface area contributed by atoms with Gasteiger partial charge in [-0.25, -0.2) is 0 Å². The Kier molecular flexibility index (Phi) is 8.99. The summed E-state index contributed by atoms with van der Waals surface area (Å²) in [6, 6.07) is 7.92. The molecule has 0 aliphatic carbocycles. The zero-order valence-corrected chi connectivity index (χ0v) is 14.2. The van der Waals surface area contributed by atoms with Crippen molar-refractivity contribution in [3.63, 3.8) is 0 Å². The second-order valence-corrected chi connectivity index (χ2v) is 6.24. The molecular formula is C17H27NO2S. The second-order valence-electron chi connectivity index (χ2n) is 5.01. The van der Waals surface area contributed by atoms with Crippen LogP contribution >= 0.6 is 11.8 Å². The summed E-state index contributed by atoms with van der Waals surface area (Å²) in [7, 11) is 0. The van der Waals surface area contributed by atoms with Gasteiger partial charge in [0.15, 0.2) is 0 Å². The summed E-state index contributed by atoms with van der Waals surface area (Å²) in [6.45, 7) is 6.81. The Bertz CT molecular complexity index is 423. The van der Waals surface area contributed by atoms with Crippen molar-refractivity contribution in [3.05, 3.63) is 29.8 Å². The van der Waals surface area contributed by atoms with Crippen LogP contribution in [0.3, 0.4) is 0 Å². The Hall–Kier alpha value is -1.16. The van der Waals surface area contributed by atoms with Gasteiger partial charge in [0.05, 0.1) is 12.6 Å². The van der Waals surface area contributed by atoms with Crippen molar-refractivity contribution in [1.29, 1.82) is 0 Å². The predicted molar refractivity (Wildman–Crippen MR) is 91.0 cm³/mol. The van der Waals surface area contributed by atoms with Crippen LogP contribution in [-0.4, -0.2) is 24.0 Å². The van der Waals surface area contributed by atoms with E-state index in [0.29, 0.717) is 13.0 Å². The van der Waals surface area contributed by atoms with E-state index in [0.717, 1.165) is 22.8 Å². The van der Waals surface area contributed by atoms with E-state index in [4.69, 9.17) is 4.74 Å². The van der Waals surface area contributed by atoms with Crippen LogP contribution in [0.4, 0.5) is 0 Å². The smallest absolute Gasteiger partial charge is 0.221 e. The molecule has 0 aliphatic heterocycles. The molecule has 0 aromatic heterocycles. The standard InChI is InChI=1S/C17H27NO2S/c1-4-6-11-21-12-10-17(19)18-14(3)15-8-7-9-16(13-15)20-5-2/h7-9,13-14H,4-6,10-12H2,1-3H3,(H,18,19). The van der Waals surface area contributed by atoms with Crippen molar-refractivity contribution in [2.24, 2.45) is 0 Å². The Morgan fingerprint density at radius 3 is 2.86 bits per heavy atom. The van der Waals surface area contributed by atoms with Gasteiger partial charge in [-0.2, -0.15) is 11.8 Å². The fourth-order valence-electron chi connectivity index (χ4n) is 1.95. The molecule has 1 aromatic carbocycles. The first-order valence-corrected chi connectivity index (χ1v) is 8.92. The van der Waals surface area contributed by atoms with E-state index in [-0.39, 0.29) is 11.9 Å². The molecule has 21 heavy (non-hydrogen) atoms. The number of ether oxygens (including phenoxy) is 1. The van der Waals surface area contributed by atoms with E-state index < -0.39 is 0 Å². The van der Waals surface area contributed by atoms with E-state index in [2.05, 4.69) is 12.2 Å². The normalized spacial score (nSPS) is 12.0.